The molecule has 3 amide bonds. The second-order valence-electron chi connectivity index (χ2n) is 9.01. The highest BCUT2D eigenvalue weighted by Gasteiger charge is 2.34. The van der Waals surface area contributed by atoms with Gasteiger partial charge in [0.05, 0.1) is 12.6 Å². The average Bonchev–Trinajstić information content (AvgIpc) is 3.22. The number of hydrogen-bond donors (Lipinski definition) is 1. The molecule has 33 heavy (non-hydrogen) atoms. The molecule has 0 fully saturated rings. The molecule has 1 N–H and O–H groups in total. The van der Waals surface area contributed by atoms with Gasteiger partial charge in [0.25, 0.3) is 0 Å². The highest BCUT2D eigenvalue weighted by atomic mass is 32.1. The van der Waals surface area contributed by atoms with Gasteiger partial charge in [-0.3, -0.25) is 4.79 Å². The minimum Gasteiger partial charge on any atom is -0.491 e. The minimum absolute atomic E-state index is 0.0682. The van der Waals surface area contributed by atoms with E-state index in [1.807, 2.05) is 32.2 Å². The van der Waals surface area contributed by atoms with Crippen molar-refractivity contribution in [1.29, 1.82) is 0 Å². The van der Waals surface area contributed by atoms with Gasteiger partial charge < -0.3 is 24.6 Å². The Bertz CT molecular complexity index is 959. The molecule has 1 aromatic heterocycles. The van der Waals surface area contributed by atoms with Crippen molar-refractivity contribution in [3.8, 4) is 5.75 Å². The summed E-state index contributed by atoms with van der Waals surface area (Å²) in [7, 11) is 1.56. The summed E-state index contributed by atoms with van der Waals surface area (Å²) in [5.41, 5.74) is 0.613. The van der Waals surface area contributed by atoms with E-state index in [0.29, 0.717) is 25.4 Å². The van der Waals surface area contributed by atoms with E-state index < -0.39 is 5.54 Å². The third-order valence-corrected chi connectivity index (χ3v) is 6.28. The van der Waals surface area contributed by atoms with Gasteiger partial charge in [0, 0.05) is 36.7 Å². The van der Waals surface area contributed by atoms with Crippen LogP contribution in [0.1, 0.15) is 37.3 Å². The van der Waals surface area contributed by atoms with E-state index in [0.717, 1.165) is 12.0 Å². The Labute approximate surface area is 198 Å². The van der Waals surface area contributed by atoms with E-state index in [-0.39, 0.29) is 36.9 Å². The van der Waals surface area contributed by atoms with Crippen LogP contribution in [-0.2, 0) is 16.0 Å². The Hall–Kier alpha value is -2.65. The number of amides is 3. The minimum atomic E-state index is -0.427. The van der Waals surface area contributed by atoms with Crippen LogP contribution in [0.25, 0.3) is 0 Å². The number of halogens is 1. The lowest BCUT2D eigenvalue weighted by molar-refractivity contribution is -0.135. The molecule has 1 aliphatic heterocycles. The normalized spacial score (nSPS) is 15.7. The predicted octanol–water partition coefficient (Wildman–Crippen LogP) is 3.85. The molecular formula is C24H32FN3O4S. The summed E-state index contributed by atoms with van der Waals surface area (Å²) < 4.78 is 24.6. The Morgan fingerprint density at radius 3 is 2.79 bits per heavy atom. The lowest BCUT2D eigenvalue weighted by atomic mass is 10.0. The van der Waals surface area contributed by atoms with Crippen molar-refractivity contribution in [1.82, 2.24) is 15.1 Å². The third-order valence-electron chi connectivity index (χ3n) is 5.28. The molecule has 0 spiro atoms. The van der Waals surface area contributed by atoms with Crippen LogP contribution in [-0.4, -0.2) is 67.2 Å². The Kier molecular flexibility index (Phi) is 8.31. The van der Waals surface area contributed by atoms with Crippen molar-refractivity contribution in [3.05, 3.63) is 52.0 Å². The number of rotatable bonds is 8. The molecule has 3 rings (SSSR count). The fourth-order valence-electron chi connectivity index (χ4n) is 3.71. The maximum atomic E-state index is 13.6. The van der Waals surface area contributed by atoms with Gasteiger partial charge in [-0.15, -0.1) is 11.3 Å². The van der Waals surface area contributed by atoms with Gasteiger partial charge in [-0.25, -0.2) is 9.18 Å². The topological polar surface area (TPSA) is 71.1 Å². The quantitative estimate of drug-likeness (QED) is 0.627. The Balaban J connectivity index is 1.75. The zero-order valence-corrected chi connectivity index (χ0v) is 20.4. The molecule has 0 saturated heterocycles. The first-order chi connectivity index (χ1) is 15.7. The highest BCUT2D eigenvalue weighted by molar-refractivity contribution is 7.10. The second-order valence-corrected chi connectivity index (χ2v) is 10.0. The highest BCUT2D eigenvalue weighted by Crippen LogP contribution is 2.34. The number of nitrogens with one attached hydrogen (secondary N) is 1. The Morgan fingerprint density at radius 1 is 1.30 bits per heavy atom. The van der Waals surface area contributed by atoms with Gasteiger partial charge in [0.15, 0.2) is 0 Å². The van der Waals surface area contributed by atoms with Crippen molar-refractivity contribution in [2.45, 2.75) is 38.8 Å². The van der Waals surface area contributed by atoms with Crippen LogP contribution in [0.15, 0.2) is 35.7 Å². The van der Waals surface area contributed by atoms with Gasteiger partial charge in [-0.2, -0.15) is 0 Å². The van der Waals surface area contributed by atoms with E-state index in [9.17, 15) is 14.0 Å². The molecular weight excluding hydrogens is 445 g/mol. The maximum absolute atomic E-state index is 13.6. The summed E-state index contributed by atoms with van der Waals surface area (Å²) in [5.74, 6) is -0.130. The van der Waals surface area contributed by atoms with E-state index in [1.54, 1.807) is 35.5 Å². The molecule has 1 aromatic carbocycles. The van der Waals surface area contributed by atoms with Crippen LogP contribution < -0.4 is 10.1 Å². The van der Waals surface area contributed by atoms with Crippen LogP contribution in [0.2, 0.25) is 0 Å². The second kappa shape index (κ2) is 11.0. The maximum Gasteiger partial charge on any atom is 0.318 e. The number of carbonyl (C=O) groups excluding carboxylic acids is 2. The zero-order valence-electron chi connectivity index (χ0n) is 19.6. The first kappa shape index (κ1) is 25.0. The summed E-state index contributed by atoms with van der Waals surface area (Å²) in [4.78, 5) is 30.7. The zero-order chi connectivity index (χ0) is 24.0. The van der Waals surface area contributed by atoms with Crippen molar-refractivity contribution < 1.29 is 23.5 Å². The summed E-state index contributed by atoms with van der Waals surface area (Å²) in [6.45, 7) is 6.96. The van der Waals surface area contributed by atoms with Gasteiger partial charge in [0.2, 0.25) is 5.91 Å². The van der Waals surface area contributed by atoms with E-state index in [2.05, 4.69) is 5.32 Å². The van der Waals surface area contributed by atoms with Gasteiger partial charge in [0.1, 0.15) is 24.7 Å². The molecule has 180 valence electrons. The standard InChI is InChI=1S/C24H32FN3O4S/c1-24(2,3)26-23(30)27(11-12-31-4)15-22(29)28-10-8-21-19(9-13-33-21)20(28)16-32-18-7-5-6-17(25)14-18/h5-7,9,13-14,20H,8,10-12,15-16H2,1-4H3,(H,26,30). The van der Waals surface area contributed by atoms with E-state index >= 15 is 0 Å². The van der Waals surface area contributed by atoms with Crippen LogP contribution in [0.5, 0.6) is 5.75 Å². The molecule has 0 aliphatic carbocycles. The number of benzene rings is 1. The number of ether oxygens (including phenoxy) is 2. The van der Waals surface area contributed by atoms with Crippen LogP contribution in [0, 0.1) is 5.82 Å². The lowest BCUT2D eigenvalue weighted by Crippen LogP contribution is -2.53. The number of fused-ring (bicyclic) bond motifs is 1. The van der Waals surface area contributed by atoms with Crippen molar-refractivity contribution in [2.24, 2.45) is 0 Å². The average molecular weight is 478 g/mol. The smallest absolute Gasteiger partial charge is 0.318 e. The number of nitrogens with zero attached hydrogens (tertiary/aromatic N) is 2. The number of thiophene rings is 1. The molecule has 2 aromatic rings. The first-order valence-electron chi connectivity index (χ1n) is 11.0. The molecule has 1 atom stereocenters. The molecule has 2 heterocycles. The summed E-state index contributed by atoms with van der Waals surface area (Å²) in [5, 5.41) is 4.92. The number of carbonyl (C=O) groups is 2. The van der Waals surface area contributed by atoms with Crippen molar-refractivity contribution >= 4 is 23.3 Å². The van der Waals surface area contributed by atoms with Crippen LogP contribution in [0.4, 0.5) is 9.18 Å². The molecule has 9 heteroatoms. The Morgan fingerprint density at radius 2 is 2.09 bits per heavy atom. The van der Waals surface area contributed by atoms with Crippen molar-refractivity contribution in [2.75, 3.05) is 40.0 Å². The molecule has 0 saturated carbocycles. The van der Waals surface area contributed by atoms with Crippen LogP contribution >= 0.6 is 11.3 Å². The monoisotopic (exact) mass is 477 g/mol. The summed E-state index contributed by atoms with van der Waals surface area (Å²) in [6.07, 6.45) is 0.751. The lowest BCUT2D eigenvalue weighted by Gasteiger charge is -2.37. The molecule has 0 bridgehead atoms. The number of urea groups is 1. The SMILES string of the molecule is COCCN(CC(=O)N1CCc2sccc2C1COc1cccc(F)c1)C(=O)NC(C)(C)C. The fourth-order valence-corrected chi connectivity index (χ4v) is 4.64. The largest absolute Gasteiger partial charge is 0.491 e. The molecule has 1 unspecified atom stereocenters. The van der Waals surface area contributed by atoms with Gasteiger partial charge in [-0.05, 0) is 56.3 Å². The van der Waals surface area contributed by atoms with E-state index in [4.69, 9.17) is 9.47 Å². The summed E-state index contributed by atoms with van der Waals surface area (Å²) >= 11 is 1.66. The van der Waals surface area contributed by atoms with Crippen LogP contribution in [0.3, 0.4) is 0 Å². The molecule has 0 radical (unpaired) electrons. The predicted molar refractivity (Wildman–Crippen MR) is 126 cm³/mol. The number of hydrogen-bond acceptors (Lipinski definition) is 5. The molecule has 1 aliphatic rings. The van der Waals surface area contributed by atoms with Crippen molar-refractivity contribution in [3.63, 3.8) is 0 Å². The molecule has 7 nitrogen and oxygen atoms in total. The van der Waals surface area contributed by atoms with E-state index in [1.165, 1.54) is 21.9 Å². The number of methoxy groups -OCH3 is 1. The van der Waals surface area contributed by atoms with Gasteiger partial charge in [-0.1, -0.05) is 6.07 Å². The van der Waals surface area contributed by atoms with Gasteiger partial charge >= 0.3 is 6.03 Å². The fraction of sp³-hybridized carbons (Fsp3) is 0.500. The first-order valence-corrected chi connectivity index (χ1v) is 11.9. The third kappa shape index (κ3) is 6.91. The summed E-state index contributed by atoms with van der Waals surface area (Å²) in [6, 6.07) is 7.35.